The maximum atomic E-state index is 12.7. The number of para-hydroxylation sites is 2. The topological polar surface area (TPSA) is 32.8 Å². The lowest BCUT2D eigenvalue weighted by Crippen LogP contribution is -2.35. The fraction of sp³-hybridized carbons (Fsp3) is 0.316. The lowest BCUT2D eigenvalue weighted by Gasteiger charge is -2.24. The first kappa shape index (κ1) is 15.4. The van der Waals surface area contributed by atoms with Crippen molar-refractivity contribution in [1.82, 2.24) is 0 Å². The van der Waals surface area contributed by atoms with Crippen LogP contribution in [0.1, 0.15) is 12.0 Å². The highest BCUT2D eigenvalue weighted by atomic mass is 16.5. The lowest BCUT2D eigenvalue weighted by atomic mass is 10.2. The first-order valence-corrected chi connectivity index (χ1v) is 7.95. The number of anilines is 2. The van der Waals surface area contributed by atoms with Gasteiger partial charge in [0.15, 0.2) is 6.61 Å². The van der Waals surface area contributed by atoms with Crippen LogP contribution in [0.15, 0.2) is 48.5 Å². The van der Waals surface area contributed by atoms with Gasteiger partial charge in [0.2, 0.25) is 0 Å². The van der Waals surface area contributed by atoms with Crippen molar-refractivity contribution in [1.29, 1.82) is 0 Å². The molecule has 0 radical (unpaired) electrons. The van der Waals surface area contributed by atoms with Crippen molar-refractivity contribution >= 4 is 17.3 Å². The number of fused-ring (bicyclic) bond motifs is 1. The number of carbonyl (C=O) groups is 1. The summed E-state index contributed by atoms with van der Waals surface area (Å²) in [6, 6.07) is 15.8. The van der Waals surface area contributed by atoms with Crippen LogP contribution in [0.3, 0.4) is 0 Å². The predicted molar refractivity (Wildman–Crippen MR) is 93.4 cm³/mol. The molecule has 1 heterocycles. The van der Waals surface area contributed by atoms with Gasteiger partial charge in [-0.3, -0.25) is 4.79 Å². The SMILES string of the molecule is Cc1cccc(OCC(=O)N2CCCN(C)c3ccccc32)c1. The molecule has 0 aromatic heterocycles. The van der Waals surface area contributed by atoms with Crippen molar-refractivity contribution in [2.45, 2.75) is 13.3 Å². The van der Waals surface area contributed by atoms with E-state index in [2.05, 4.69) is 18.0 Å². The van der Waals surface area contributed by atoms with Gasteiger partial charge in [-0.1, -0.05) is 24.3 Å². The van der Waals surface area contributed by atoms with Crippen LogP contribution in [0.4, 0.5) is 11.4 Å². The first-order valence-electron chi connectivity index (χ1n) is 7.95. The molecule has 1 aliphatic rings. The second-order valence-electron chi connectivity index (χ2n) is 5.91. The molecule has 4 nitrogen and oxygen atoms in total. The van der Waals surface area contributed by atoms with Crippen molar-refractivity contribution in [3.8, 4) is 5.75 Å². The molecule has 3 rings (SSSR count). The molecule has 0 saturated heterocycles. The van der Waals surface area contributed by atoms with E-state index in [0.29, 0.717) is 0 Å². The maximum Gasteiger partial charge on any atom is 0.264 e. The van der Waals surface area contributed by atoms with Crippen molar-refractivity contribution in [3.05, 3.63) is 54.1 Å². The predicted octanol–water partition coefficient (Wildman–Crippen LogP) is 3.25. The largest absolute Gasteiger partial charge is 0.484 e. The van der Waals surface area contributed by atoms with E-state index in [4.69, 9.17) is 4.74 Å². The third-order valence-corrected chi connectivity index (χ3v) is 4.11. The Kier molecular flexibility index (Phi) is 4.51. The summed E-state index contributed by atoms with van der Waals surface area (Å²) in [4.78, 5) is 16.7. The Bertz CT molecular complexity index is 699. The van der Waals surface area contributed by atoms with Crippen molar-refractivity contribution < 1.29 is 9.53 Å². The third kappa shape index (κ3) is 3.47. The van der Waals surface area contributed by atoms with Gasteiger partial charge in [0, 0.05) is 20.1 Å². The number of rotatable bonds is 3. The van der Waals surface area contributed by atoms with Crippen LogP contribution < -0.4 is 14.5 Å². The molecule has 0 unspecified atom stereocenters. The van der Waals surface area contributed by atoms with E-state index in [-0.39, 0.29) is 12.5 Å². The van der Waals surface area contributed by atoms with Crippen LogP contribution in [0.25, 0.3) is 0 Å². The number of ether oxygens (including phenoxy) is 1. The normalized spacial score (nSPS) is 14.2. The molecule has 0 fully saturated rings. The van der Waals surface area contributed by atoms with Crippen LogP contribution in [0, 0.1) is 6.92 Å². The summed E-state index contributed by atoms with van der Waals surface area (Å²) in [6.07, 6.45) is 0.946. The van der Waals surface area contributed by atoms with Crippen molar-refractivity contribution in [3.63, 3.8) is 0 Å². The number of carbonyl (C=O) groups excluding carboxylic acids is 1. The van der Waals surface area contributed by atoms with Gasteiger partial charge < -0.3 is 14.5 Å². The number of benzene rings is 2. The number of hydrogen-bond donors (Lipinski definition) is 0. The molecule has 2 aromatic carbocycles. The van der Waals surface area contributed by atoms with Gasteiger partial charge in [-0.05, 0) is 43.2 Å². The van der Waals surface area contributed by atoms with Crippen LogP contribution >= 0.6 is 0 Å². The first-order chi connectivity index (χ1) is 11.1. The molecule has 23 heavy (non-hydrogen) atoms. The van der Waals surface area contributed by atoms with Gasteiger partial charge in [0.1, 0.15) is 5.75 Å². The fourth-order valence-electron chi connectivity index (χ4n) is 2.91. The fourth-order valence-corrected chi connectivity index (χ4v) is 2.91. The standard InChI is InChI=1S/C19H22N2O2/c1-15-7-5-8-16(13-15)23-14-19(22)21-12-6-11-20(2)17-9-3-4-10-18(17)21/h3-5,7-10,13H,6,11-12,14H2,1-2H3. The van der Waals surface area contributed by atoms with E-state index in [1.165, 1.54) is 0 Å². The zero-order valence-corrected chi connectivity index (χ0v) is 13.7. The molecule has 0 aliphatic carbocycles. The van der Waals surface area contributed by atoms with Crippen LogP contribution in [0.2, 0.25) is 0 Å². The Labute approximate surface area is 137 Å². The minimum absolute atomic E-state index is 0.00532. The summed E-state index contributed by atoms with van der Waals surface area (Å²) < 4.78 is 5.68. The molecule has 120 valence electrons. The highest BCUT2D eigenvalue weighted by Gasteiger charge is 2.23. The molecule has 1 amide bonds. The molecule has 4 heteroatoms. The third-order valence-electron chi connectivity index (χ3n) is 4.11. The van der Waals surface area contributed by atoms with Gasteiger partial charge in [-0.15, -0.1) is 0 Å². The molecular weight excluding hydrogens is 288 g/mol. The molecule has 0 bridgehead atoms. The average molecular weight is 310 g/mol. The zero-order chi connectivity index (χ0) is 16.2. The highest BCUT2D eigenvalue weighted by Crippen LogP contribution is 2.31. The molecule has 0 atom stereocenters. The second kappa shape index (κ2) is 6.73. The molecule has 1 aliphatic heterocycles. The highest BCUT2D eigenvalue weighted by molar-refractivity contribution is 5.98. The number of amides is 1. The summed E-state index contributed by atoms with van der Waals surface area (Å²) in [5.41, 5.74) is 3.18. The Balaban J connectivity index is 1.75. The minimum atomic E-state index is -0.00532. The smallest absolute Gasteiger partial charge is 0.264 e. The Hall–Kier alpha value is -2.49. The number of aryl methyl sites for hydroxylation is 1. The summed E-state index contributed by atoms with van der Waals surface area (Å²) in [5, 5.41) is 0. The summed E-state index contributed by atoms with van der Waals surface area (Å²) in [7, 11) is 2.07. The second-order valence-corrected chi connectivity index (χ2v) is 5.91. The maximum absolute atomic E-state index is 12.7. The van der Waals surface area contributed by atoms with Crippen LogP contribution in [-0.4, -0.2) is 32.7 Å². The molecule has 0 N–H and O–H groups in total. The van der Waals surface area contributed by atoms with E-state index in [1.807, 2.05) is 54.3 Å². The summed E-state index contributed by atoms with van der Waals surface area (Å²) in [5.74, 6) is 0.729. The quantitative estimate of drug-likeness (QED) is 0.872. The summed E-state index contributed by atoms with van der Waals surface area (Å²) >= 11 is 0. The molecule has 0 spiro atoms. The van der Waals surface area contributed by atoms with Crippen molar-refractivity contribution in [2.75, 3.05) is 36.5 Å². The minimum Gasteiger partial charge on any atom is -0.484 e. The monoisotopic (exact) mass is 310 g/mol. The average Bonchev–Trinajstić information content (AvgIpc) is 2.72. The molecule has 0 saturated carbocycles. The van der Waals surface area contributed by atoms with E-state index < -0.39 is 0 Å². The molecule has 2 aromatic rings. The number of nitrogens with zero attached hydrogens (tertiary/aromatic N) is 2. The Morgan fingerprint density at radius 3 is 2.65 bits per heavy atom. The van der Waals surface area contributed by atoms with Gasteiger partial charge in [-0.25, -0.2) is 0 Å². The Morgan fingerprint density at radius 1 is 1.09 bits per heavy atom. The van der Waals surface area contributed by atoms with E-state index >= 15 is 0 Å². The van der Waals surface area contributed by atoms with Gasteiger partial charge in [-0.2, -0.15) is 0 Å². The van der Waals surface area contributed by atoms with Crippen LogP contribution in [0.5, 0.6) is 5.75 Å². The van der Waals surface area contributed by atoms with Crippen LogP contribution in [-0.2, 0) is 4.79 Å². The molecular formula is C19H22N2O2. The van der Waals surface area contributed by atoms with E-state index in [0.717, 1.165) is 42.2 Å². The Morgan fingerprint density at radius 2 is 1.87 bits per heavy atom. The van der Waals surface area contributed by atoms with E-state index in [9.17, 15) is 4.79 Å². The van der Waals surface area contributed by atoms with Gasteiger partial charge >= 0.3 is 0 Å². The lowest BCUT2D eigenvalue weighted by molar-refractivity contribution is -0.120. The van der Waals surface area contributed by atoms with E-state index in [1.54, 1.807) is 0 Å². The van der Waals surface area contributed by atoms with Gasteiger partial charge in [0.05, 0.1) is 11.4 Å². The van der Waals surface area contributed by atoms with Crippen molar-refractivity contribution in [2.24, 2.45) is 0 Å². The summed E-state index contributed by atoms with van der Waals surface area (Å²) in [6.45, 7) is 3.73. The zero-order valence-electron chi connectivity index (χ0n) is 13.7. The number of hydrogen-bond acceptors (Lipinski definition) is 3. The van der Waals surface area contributed by atoms with Gasteiger partial charge in [0.25, 0.3) is 5.91 Å².